The SMILES string of the molecule is O=C(O)[C@@H]1CC2(CCN(C(=O)C3CC3)CC2)CN1C(=O)Cn1cncn1. The second kappa shape index (κ2) is 6.37. The minimum atomic E-state index is -0.967. The second-order valence-electron chi connectivity index (χ2n) is 7.77. The van der Waals surface area contributed by atoms with Crippen LogP contribution in [0.1, 0.15) is 32.1 Å². The minimum absolute atomic E-state index is 0.00779. The molecular formula is C17H23N5O4. The van der Waals surface area contributed by atoms with E-state index in [2.05, 4.69) is 10.1 Å². The number of amides is 2. The predicted molar refractivity (Wildman–Crippen MR) is 88.7 cm³/mol. The number of hydrogen-bond donors (Lipinski definition) is 1. The molecule has 2 saturated heterocycles. The van der Waals surface area contributed by atoms with Crippen LogP contribution in [0.3, 0.4) is 0 Å². The summed E-state index contributed by atoms with van der Waals surface area (Å²) < 4.78 is 1.41. The fourth-order valence-electron chi connectivity index (χ4n) is 4.24. The lowest BCUT2D eigenvalue weighted by molar-refractivity contribution is -0.148. The minimum Gasteiger partial charge on any atom is -0.480 e. The Balaban J connectivity index is 1.43. The molecule has 0 bridgehead atoms. The smallest absolute Gasteiger partial charge is 0.326 e. The van der Waals surface area contributed by atoms with Gasteiger partial charge in [0.25, 0.3) is 0 Å². The van der Waals surface area contributed by atoms with Gasteiger partial charge in [0.2, 0.25) is 11.8 Å². The van der Waals surface area contributed by atoms with E-state index in [-0.39, 0.29) is 29.7 Å². The Kier molecular flexibility index (Phi) is 4.16. The van der Waals surface area contributed by atoms with Gasteiger partial charge in [0.15, 0.2) is 0 Å². The Morgan fingerprint density at radius 3 is 2.50 bits per heavy atom. The quantitative estimate of drug-likeness (QED) is 0.807. The van der Waals surface area contributed by atoms with Crippen LogP contribution in [-0.4, -0.2) is 73.1 Å². The topological polar surface area (TPSA) is 109 Å². The average molecular weight is 361 g/mol. The number of carboxylic acids is 1. The molecule has 3 fully saturated rings. The van der Waals surface area contributed by atoms with Gasteiger partial charge in [-0.3, -0.25) is 9.59 Å². The van der Waals surface area contributed by atoms with Crippen molar-refractivity contribution in [2.24, 2.45) is 11.3 Å². The van der Waals surface area contributed by atoms with Gasteiger partial charge in [0.1, 0.15) is 25.2 Å². The highest BCUT2D eigenvalue weighted by atomic mass is 16.4. The number of aliphatic carboxylic acids is 1. The molecule has 1 aromatic rings. The predicted octanol–water partition coefficient (Wildman–Crippen LogP) is -0.0176. The zero-order valence-electron chi connectivity index (χ0n) is 14.6. The molecule has 9 heteroatoms. The first-order valence-electron chi connectivity index (χ1n) is 9.11. The number of aromatic nitrogens is 3. The normalized spacial score (nSPS) is 24.8. The lowest BCUT2D eigenvalue weighted by Crippen LogP contribution is -2.45. The molecule has 0 unspecified atom stereocenters. The number of nitrogens with zero attached hydrogens (tertiary/aromatic N) is 5. The van der Waals surface area contributed by atoms with Crippen molar-refractivity contribution in [2.45, 2.75) is 44.7 Å². The van der Waals surface area contributed by atoms with E-state index in [0.717, 1.165) is 25.7 Å². The summed E-state index contributed by atoms with van der Waals surface area (Å²) in [5.74, 6) is -0.770. The summed E-state index contributed by atoms with van der Waals surface area (Å²) in [6.45, 7) is 1.74. The van der Waals surface area contributed by atoms with E-state index < -0.39 is 12.0 Å². The molecule has 1 atom stereocenters. The van der Waals surface area contributed by atoms with E-state index in [9.17, 15) is 19.5 Å². The Morgan fingerprint density at radius 2 is 1.92 bits per heavy atom. The van der Waals surface area contributed by atoms with Gasteiger partial charge in [-0.15, -0.1) is 0 Å². The van der Waals surface area contributed by atoms with Gasteiger partial charge in [-0.2, -0.15) is 5.10 Å². The fraction of sp³-hybridized carbons (Fsp3) is 0.706. The van der Waals surface area contributed by atoms with Crippen LogP contribution < -0.4 is 0 Å². The van der Waals surface area contributed by atoms with Crippen molar-refractivity contribution in [3.05, 3.63) is 12.7 Å². The van der Waals surface area contributed by atoms with Crippen LogP contribution in [0, 0.1) is 11.3 Å². The maximum absolute atomic E-state index is 12.6. The molecule has 1 aromatic heterocycles. The fourth-order valence-corrected chi connectivity index (χ4v) is 4.24. The van der Waals surface area contributed by atoms with Crippen molar-refractivity contribution in [1.82, 2.24) is 24.6 Å². The number of carbonyl (C=O) groups excluding carboxylic acids is 2. The maximum atomic E-state index is 12.6. The van der Waals surface area contributed by atoms with Crippen molar-refractivity contribution in [1.29, 1.82) is 0 Å². The molecule has 2 aliphatic heterocycles. The number of carbonyl (C=O) groups is 3. The van der Waals surface area contributed by atoms with Crippen LogP contribution >= 0.6 is 0 Å². The lowest BCUT2D eigenvalue weighted by atomic mass is 9.76. The van der Waals surface area contributed by atoms with E-state index in [1.54, 1.807) is 0 Å². The van der Waals surface area contributed by atoms with Crippen LogP contribution in [-0.2, 0) is 20.9 Å². The summed E-state index contributed by atoms with van der Waals surface area (Å²) in [4.78, 5) is 43.8. The molecule has 1 N–H and O–H groups in total. The molecule has 0 radical (unpaired) electrons. The molecule has 1 aliphatic carbocycles. The summed E-state index contributed by atoms with van der Waals surface area (Å²) in [5, 5.41) is 13.5. The molecule has 140 valence electrons. The standard InChI is InChI=1S/C17H23N5O4/c23-14(8-21-11-18-10-19-21)22-9-17(7-13(22)16(25)26)3-5-20(6-4-17)15(24)12-1-2-12/h10-13H,1-9H2,(H,25,26)/t13-/m0/s1. The molecule has 26 heavy (non-hydrogen) atoms. The Morgan fingerprint density at radius 1 is 1.19 bits per heavy atom. The largest absolute Gasteiger partial charge is 0.480 e. The molecule has 3 heterocycles. The van der Waals surface area contributed by atoms with Gasteiger partial charge in [0, 0.05) is 25.6 Å². The monoisotopic (exact) mass is 361 g/mol. The van der Waals surface area contributed by atoms with Crippen molar-refractivity contribution >= 4 is 17.8 Å². The van der Waals surface area contributed by atoms with Gasteiger partial charge in [-0.1, -0.05) is 0 Å². The van der Waals surface area contributed by atoms with Gasteiger partial charge >= 0.3 is 5.97 Å². The van der Waals surface area contributed by atoms with Crippen LogP contribution in [0.4, 0.5) is 0 Å². The second-order valence-corrected chi connectivity index (χ2v) is 7.77. The van der Waals surface area contributed by atoms with Crippen LogP contribution in [0.25, 0.3) is 0 Å². The maximum Gasteiger partial charge on any atom is 0.326 e. The van der Waals surface area contributed by atoms with E-state index in [0.29, 0.717) is 26.1 Å². The molecule has 2 amide bonds. The van der Waals surface area contributed by atoms with Crippen molar-refractivity contribution < 1.29 is 19.5 Å². The third-order valence-electron chi connectivity index (χ3n) is 5.94. The summed E-state index contributed by atoms with van der Waals surface area (Å²) >= 11 is 0. The third-order valence-corrected chi connectivity index (χ3v) is 5.94. The summed E-state index contributed by atoms with van der Waals surface area (Å²) in [7, 11) is 0. The number of likely N-dealkylation sites (tertiary alicyclic amines) is 2. The van der Waals surface area contributed by atoms with Gasteiger partial charge in [0.05, 0.1) is 0 Å². The van der Waals surface area contributed by atoms with Crippen LogP contribution in [0.2, 0.25) is 0 Å². The first-order valence-corrected chi connectivity index (χ1v) is 9.11. The molecule has 3 aliphatic rings. The average Bonchev–Trinajstić information content (AvgIpc) is 3.23. The van der Waals surface area contributed by atoms with Crippen molar-refractivity contribution in [3.8, 4) is 0 Å². The van der Waals surface area contributed by atoms with Crippen LogP contribution in [0.15, 0.2) is 12.7 Å². The number of hydrogen-bond acceptors (Lipinski definition) is 5. The zero-order valence-corrected chi connectivity index (χ0v) is 14.6. The first-order chi connectivity index (χ1) is 12.5. The molecule has 0 aromatic carbocycles. The number of piperidine rings is 1. The van der Waals surface area contributed by atoms with E-state index in [1.165, 1.54) is 22.2 Å². The molecule has 1 saturated carbocycles. The molecular weight excluding hydrogens is 338 g/mol. The van der Waals surface area contributed by atoms with Gasteiger partial charge in [-0.25, -0.2) is 14.5 Å². The highest BCUT2D eigenvalue weighted by Crippen LogP contribution is 2.44. The van der Waals surface area contributed by atoms with Gasteiger partial charge < -0.3 is 14.9 Å². The third kappa shape index (κ3) is 3.17. The summed E-state index contributed by atoms with van der Waals surface area (Å²) in [6.07, 6.45) is 6.74. The Bertz CT molecular complexity index is 707. The molecule has 4 rings (SSSR count). The van der Waals surface area contributed by atoms with Gasteiger partial charge in [-0.05, 0) is 37.5 Å². The summed E-state index contributed by atoms with van der Waals surface area (Å²) in [6, 6.07) is -0.809. The summed E-state index contributed by atoms with van der Waals surface area (Å²) in [5.41, 5.74) is -0.207. The lowest BCUT2D eigenvalue weighted by Gasteiger charge is -2.39. The van der Waals surface area contributed by atoms with Crippen LogP contribution in [0.5, 0.6) is 0 Å². The highest BCUT2D eigenvalue weighted by molar-refractivity contribution is 5.84. The number of carboxylic acid groups (broad SMARTS) is 1. The zero-order chi connectivity index (χ0) is 18.3. The highest BCUT2D eigenvalue weighted by Gasteiger charge is 2.50. The number of rotatable bonds is 4. The Hall–Kier alpha value is -2.45. The molecule has 9 nitrogen and oxygen atoms in total. The Labute approximate surface area is 151 Å². The molecule has 1 spiro atoms. The van der Waals surface area contributed by atoms with Crippen molar-refractivity contribution in [2.75, 3.05) is 19.6 Å². The van der Waals surface area contributed by atoms with E-state index >= 15 is 0 Å². The first kappa shape index (κ1) is 17.0. The van der Waals surface area contributed by atoms with Crippen molar-refractivity contribution in [3.63, 3.8) is 0 Å². The van der Waals surface area contributed by atoms with E-state index in [4.69, 9.17) is 0 Å². The van der Waals surface area contributed by atoms with E-state index in [1.807, 2.05) is 4.90 Å².